The molecule has 0 radical (unpaired) electrons. The van der Waals surface area contributed by atoms with Crippen molar-refractivity contribution in [2.75, 3.05) is 17.2 Å². The lowest BCUT2D eigenvalue weighted by molar-refractivity contribution is -0.123. The van der Waals surface area contributed by atoms with E-state index in [1.54, 1.807) is 0 Å². The van der Waals surface area contributed by atoms with Crippen LogP contribution in [0.4, 0.5) is 11.4 Å². The van der Waals surface area contributed by atoms with Gasteiger partial charge in [-0.15, -0.1) is 12.4 Å². The highest BCUT2D eigenvalue weighted by Gasteiger charge is 2.32. The summed E-state index contributed by atoms with van der Waals surface area (Å²) >= 11 is 0. The van der Waals surface area contributed by atoms with Gasteiger partial charge in [-0.3, -0.25) is 9.59 Å². The molecule has 0 aromatic heterocycles. The fourth-order valence-corrected chi connectivity index (χ4v) is 3.04. The first-order valence-electron chi connectivity index (χ1n) is 8.65. The Bertz CT molecular complexity index is 626. The Labute approximate surface area is 156 Å². The molecule has 1 aromatic carbocycles. The molecule has 2 atom stereocenters. The summed E-state index contributed by atoms with van der Waals surface area (Å²) in [5.74, 6) is 0.240. The van der Waals surface area contributed by atoms with Crippen LogP contribution < -0.4 is 16.4 Å². The molecule has 5 nitrogen and oxygen atoms in total. The van der Waals surface area contributed by atoms with Gasteiger partial charge in [0, 0.05) is 22.7 Å². The second kappa shape index (κ2) is 8.68. The third-order valence-corrected chi connectivity index (χ3v) is 4.73. The summed E-state index contributed by atoms with van der Waals surface area (Å²) < 4.78 is 0. The number of amides is 2. The Morgan fingerprint density at radius 2 is 1.88 bits per heavy atom. The van der Waals surface area contributed by atoms with Gasteiger partial charge in [0.25, 0.3) is 0 Å². The van der Waals surface area contributed by atoms with Crippen LogP contribution in [0.25, 0.3) is 0 Å². The second-order valence-corrected chi connectivity index (χ2v) is 7.76. The Morgan fingerprint density at radius 3 is 2.48 bits per heavy atom. The topological polar surface area (TPSA) is 84.2 Å². The largest absolute Gasteiger partial charge is 0.330 e. The number of aryl methyl sites for hydroxylation is 1. The molecule has 0 aliphatic heterocycles. The summed E-state index contributed by atoms with van der Waals surface area (Å²) in [6.07, 6.45) is 2.98. The zero-order chi connectivity index (χ0) is 17.9. The summed E-state index contributed by atoms with van der Waals surface area (Å²) in [5.41, 5.74) is 7.72. The molecule has 1 aliphatic carbocycles. The molecular formula is C19H30ClN3O2. The predicted octanol–water partition coefficient (Wildman–Crippen LogP) is 3.71. The molecule has 0 unspecified atom stereocenters. The number of halogens is 1. The summed E-state index contributed by atoms with van der Waals surface area (Å²) in [6, 6.07) is 5.58. The summed E-state index contributed by atoms with van der Waals surface area (Å²) in [5, 5.41) is 5.93. The minimum atomic E-state index is -0.466. The summed E-state index contributed by atoms with van der Waals surface area (Å²) in [7, 11) is 0. The van der Waals surface area contributed by atoms with Gasteiger partial charge in [-0.05, 0) is 49.9 Å². The molecule has 1 aromatic rings. The van der Waals surface area contributed by atoms with Crippen LogP contribution in [0.1, 0.15) is 45.6 Å². The van der Waals surface area contributed by atoms with E-state index in [0.717, 1.165) is 30.5 Å². The van der Waals surface area contributed by atoms with E-state index in [2.05, 4.69) is 10.6 Å². The first-order valence-corrected chi connectivity index (χ1v) is 8.65. The van der Waals surface area contributed by atoms with Crippen LogP contribution in [0.3, 0.4) is 0 Å². The minimum Gasteiger partial charge on any atom is -0.330 e. The molecule has 6 heteroatoms. The van der Waals surface area contributed by atoms with E-state index in [0.29, 0.717) is 12.2 Å². The number of benzene rings is 1. The van der Waals surface area contributed by atoms with E-state index in [4.69, 9.17) is 5.73 Å². The van der Waals surface area contributed by atoms with Crippen molar-refractivity contribution >= 4 is 35.6 Å². The van der Waals surface area contributed by atoms with Crippen molar-refractivity contribution in [1.82, 2.24) is 0 Å². The van der Waals surface area contributed by atoms with Gasteiger partial charge in [0.1, 0.15) is 0 Å². The quantitative estimate of drug-likeness (QED) is 0.758. The average molecular weight is 368 g/mol. The lowest BCUT2D eigenvalue weighted by Crippen LogP contribution is -2.30. The van der Waals surface area contributed by atoms with Crippen LogP contribution in [0.2, 0.25) is 0 Å². The Hall–Kier alpha value is -1.59. The number of hydrogen-bond acceptors (Lipinski definition) is 3. The zero-order valence-corrected chi connectivity index (χ0v) is 16.3. The Morgan fingerprint density at radius 1 is 1.20 bits per heavy atom. The normalized spacial score (nSPS) is 19.9. The van der Waals surface area contributed by atoms with Crippen molar-refractivity contribution in [2.24, 2.45) is 23.0 Å². The van der Waals surface area contributed by atoms with Crippen LogP contribution in [0.15, 0.2) is 18.2 Å². The maximum absolute atomic E-state index is 12.6. The first kappa shape index (κ1) is 21.5. The molecule has 0 heterocycles. The summed E-state index contributed by atoms with van der Waals surface area (Å²) in [6.45, 7) is 8.10. The summed E-state index contributed by atoms with van der Waals surface area (Å²) in [4.78, 5) is 24.7. The second-order valence-electron chi connectivity index (χ2n) is 7.76. The van der Waals surface area contributed by atoms with Crippen LogP contribution in [0, 0.1) is 24.2 Å². The fraction of sp³-hybridized carbons (Fsp3) is 0.579. The van der Waals surface area contributed by atoms with E-state index in [9.17, 15) is 9.59 Å². The van der Waals surface area contributed by atoms with Gasteiger partial charge >= 0.3 is 0 Å². The van der Waals surface area contributed by atoms with Gasteiger partial charge in [0.05, 0.1) is 0 Å². The molecule has 2 rings (SSSR count). The van der Waals surface area contributed by atoms with Crippen molar-refractivity contribution in [3.63, 3.8) is 0 Å². The van der Waals surface area contributed by atoms with Crippen molar-refractivity contribution in [3.05, 3.63) is 23.8 Å². The number of nitrogens with two attached hydrogens (primary N) is 1. The molecule has 2 amide bonds. The number of anilines is 2. The van der Waals surface area contributed by atoms with E-state index < -0.39 is 5.41 Å². The van der Waals surface area contributed by atoms with Crippen molar-refractivity contribution in [3.8, 4) is 0 Å². The minimum absolute atomic E-state index is 0. The number of rotatable bonds is 4. The highest BCUT2D eigenvalue weighted by atomic mass is 35.5. The lowest BCUT2D eigenvalue weighted by Gasteiger charge is -2.20. The molecule has 0 spiro atoms. The van der Waals surface area contributed by atoms with Crippen LogP contribution in [-0.4, -0.2) is 18.4 Å². The van der Waals surface area contributed by atoms with Crippen molar-refractivity contribution in [1.29, 1.82) is 0 Å². The van der Waals surface area contributed by atoms with E-state index in [-0.39, 0.29) is 36.1 Å². The lowest BCUT2D eigenvalue weighted by atomic mass is 9.95. The third kappa shape index (κ3) is 5.44. The molecule has 0 saturated heterocycles. The Kier molecular flexibility index (Phi) is 7.44. The standard InChI is InChI=1S/C19H29N3O2.ClH/c1-12-8-9-14(21-18(24)19(2,3)4)10-16(12)22-17(23)15-7-5-6-13(15)11-20;/h8-10,13,15H,5-7,11,20H2,1-4H3,(H,21,24)(H,22,23);1H/t13-,15-;/m1./s1. The molecule has 1 saturated carbocycles. The first-order chi connectivity index (χ1) is 11.2. The van der Waals surface area contributed by atoms with E-state index in [1.165, 1.54) is 0 Å². The number of carbonyl (C=O) groups excluding carboxylic acids is 2. The number of hydrogen-bond donors (Lipinski definition) is 3. The highest BCUT2D eigenvalue weighted by Crippen LogP contribution is 2.32. The Balaban J connectivity index is 0.00000312. The monoisotopic (exact) mass is 367 g/mol. The number of carbonyl (C=O) groups is 2. The van der Waals surface area contributed by atoms with Gasteiger partial charge < -0.3 is 16.4 Å². The zero-order valence-electron chi connectivity index (χ0n) is 15.5. The van der Waals surface area contributed by atoms with Crippen LogP contribution in [-0.2, 0) is 9.59 Å². The molecule has 25 heavy (non-hydrogen) atoms. The average Bonchev–Trinajstić information content (AvgIpc) is 2.98. The van der Waals surface area contributed by atoms with Gasteiger partial charge in [-0.25, -0.2) is 0 Å². The SMILES string of the molecule is Cc1ccc(NC(=O)C(C)(C)C)cc1NC(=O)[C@@H]1CCC[C@@H]1CN.Cl. The van der Waals surface area contributed by atoms with Crippen LogP contribution >= 0.6 is 12.4 Å². The molecule has 1 aliphatic rings. The van der Waals surface area contributed by atoms with E-state index in [1.807, 2.05) is 45.9 Å². The van der Waals surface area contributed by atoms with Crippen LogP contribution in [0.5, 0.6) is 0 Å². The molecule has 1 fully saturated rings. The van der Waals surface area contributed by atoms with Gasteiger partial charge in [0.15, 0.2) is 0 Å². The maximum atomic E-state index is 12.6. The number of nitrogens with one attached hydrogen (secondary N) is 2. The molecule has 0 bridgehead atoms. The van der Waals surface area contributed by atoms with Crippen molar-refractivity contribution in [2.45, 2.75) is 47.0 Å². The molecule has 4 N–H and O–H groups in total. The fourth-order valence-electron chi connectivity index (χ4n) is 3.04. The van der Waals surface area contributed by atoms with Crippen molar-refractivity contribution < 1.29 is 9.59 Å². The highest BCUT2D eigenvalue weighted by molar-refractivity contribution is 5.97. The molecular weight excluding hydrogens is 338 g/mol. The van der Waals surface area contributed by atoms with E-state index >= 15 is 0 Å². The third-order valence-electron chi connectivity index (χ3n) is 4.73. The predicted molar refractivity (Wildman–Crippen MR) is 105 cm³/mol. The van der Waals surface area contributed by atoms with Gasteiger partial charge in [-0.2, -0.15) is 0 Å². The van der Waals surface area contributed by atoms with Gasteiger partial charge in [0.2, 0.25) is 11.8 Å². The smallest absolute Gasteiger partial charge is 0.229 e. The van der Waals surface area contributed by atoms with Gasteiger partial charge in [-0.1, -0.05) is 33.3 Å². The maximum Gasteiger partial charge on any atom is 0.229 e. The molecule has 140 valence electrons.